The highest BCUT2D eigenvalue weighted by atomic mass is 79.9. The highest BCUT2D eigenvalue weighted by Gasteiger charge is 1.98. The molecule has 4 heteroatoms. The fourth-order valence-electron chi connectivity index (χ4n) is 0.133. The van der Waals surface area contributed by atoms with E-state index in [1.54, 1.807) is 6.07 Å². The molecule has 0 aliphatic heterocycles. The fraction of sp³-hybridized carbons (Fsp3) is 0. The number of nitriles is 1. The average Bonchev–Trinajstić information content (AvgIpc) is 1.69. The minimum atomic E-state index is -0.718. The Hall–Kier alpha value is -0.820. The minimum Gasteiger partial charge on any atom is -0.365 e. The van der Waals surface area contributed by atoms with E-state index in [0.29, 0.717) is 0 Å². The number of hydrogen-bond acceptors (Lipinski definition) is 2. The quantitative estimate of drug-likeness (QED) is 0.459. The van der Waals surface area contributed by atoms with Crippen molar-refractivity contribution in [2.24, 2.45) is 5.73 Å². The van der Waals surface area contributed by atoms with Gasteiger partial charge >= 0.3 is 0 Å². The van der Waals surface area contributed by atoms with E-state index in [9.17, 15) is 4.79 Å². The highest BCUT2D eigenvalue weighted by molar-refractivity contribution is 9.11. The van der Waals surface area contributed by atoms with E-state index in [0.717, 1.165) is 0 Å². The average molecular weight is 175 g/mol. The molecule has 0 aromatic heterocycles. The molecule has 0 aromatic carbocycles. The Kier molecular flexibility index (Phi) is 2.89. The van der Waals surface area contributed by atoms with E-state index < -0.39 is 5.91 Å². The van der Waals surface area contributed by atoms with Crippen LogP contribution < -0.4 is 5.73 Å². The van der Waals surface area contributed by atoms with E-state index >= 15 is 0 Å². The molecule has 0 saturated heterocycles. The highest BCUT2D eigenvalue weighted by Crippen LogP contribution is 1.93. The minimum absolute atomic E-state index is 0.0787. The zero-order chi connectivity index (χ0) is 6.57. The monoisotopic (exact) mass is 174 g/mol. The second kappa shape index (κ2) is 3.22. The van der Waals surface area contributed by atoms with Gasteiger partial charge in [-0.15, -0.1) is 0 Å². The fourth-order valence-corrected chi connectivity index (χ4v) is 0.461. The van der Waals surface area contributed by atoms with Gasteiger partial charge in [-0.2, -0.15) is 5.26 Å². The zero-order valence-corrected chi connectivity index (χ0v) is 5.47. The Morgan fingerprint density at radius 3 is 2.38 bits per heavy atom. The summed E-state index contributed by atoms with van der Waals surface area (Å²) < 4.78 is 0. The summed E-state index contributed by atoms with van der Waals surface area (Å²) in [7, 11) is 0. The summed E-state index contributed by atoms with van der Waals surface area (Å²) in [5.41, 5.74) is 4.62. The molecule has 0 saturated carbocycles. The molecule has 8 heavy (non-hydrogen) atoms. The normalized spacial score (nSPS) is 10.2. The lowest BCUT2D eigenvalue weighted by Crippen LogP contribution is -2.11. The number of nitrogens with zero attached hydrogens (tertiary/aromatic N) is 1. The van der Waals surface area contributed by atoms with Gasteiger partial charge in [0.2, 0.25) is 0 Å². The third-order valence-electron chi connectivity index (χ3n) is 0.495. The van der Waals surface area contributed by atoms with Crippen LogP contribution in [-0.4, -0.2) is 5.91 Å². The predicted octanol–water partition coefficient (Wildman–Crippen LogP) is 0.274. The molecular weight excluding hydrogens is 172 g/mol. The first-order valence-corrected chi connectivity index (χ1v) is 2.64. The van der Waals surface area contributed by atoms with Crippen molar-refractivity contribution in [2.75, 3.05) is 0 Å². The summed E-state index contributed by atoms with van der Waals surface area (Å²) in [6.45, 7) is 0. The van der Waals surface area contributed by atoms with Crippen molar-refractivity contribution in [3.8, 4) is 6.07 Å². The Labute approximate surface area is 54.9 Å². The maximum atomic E-state index is 10.1. The maximum Gasteiger partial charge on any atom is 0.259 e. The summed E-state index contributed by atoms with van der Waals surface area (Å²) in [5, 5.41) is 8.05. The van der Waals surface area contributed by atoms with Crippen LogP contribution in [0, 0.1) is 11.3 Å². The molecule has 1 amide bonds. The number of primary amides is 1. The molecule has 0 aromatic rings. The van der Waals surface area contributed by atoms with Gasteiger partial charge in [0.1, 0.15) is 11.6 Å². The number of carbonyl (C=O) groups excluding carboxylic acids is 1. The van der Waals surface area contributed by atoms with Crippen molar-refractivity contribution in [2.45, 2.75) is 0 Å². The number of nitrogens with two attached hydrogens (primary N) is 1. The van der Waals surface area contributed by atoms with Crippen LogP contribution >= 0.6 is 15.9 Å². The van der Waals surface area contributed by atoms with Crippen molar-refractivity contribution >= 4 is 21.8 Å². The van der Waals surface area contributed by atoms with Gasteiger partial charge in [-0.05, 0) is 0 Å². The van der Waals surface area contributed by atoms with Crippen LogP contribution in [0.25, 0.3) is 0 Å². The molecule has 3 nitrogen and oxygen atoms in total. The van der Waals surface area contributed by atoms with Crippen LogP contribution in [-0.2, 0) is 4.79 Å². The topological polar surface area (TPSA) is 66.9 Å². The number of amides is 1. The van der Waals surface area contributed by atoms with Gasteiger partial charge in [0.25, 0.3) is 5.91 Å². The lowest BCUT2D eigenvalue weighted by molar-refractivity contribution is -0.114. The van der Waals surface area contributed by atoms with Gasteiger partial charge in [0.15, 0.2) is 0 Å². The first kappa shape index (κ1) is 7.18. The Bertz CT molecular complexity index is 167. The van der Waals surface area contributed by atoms with E-state index in [1.807, 2.05) is 0 Å². The molecule has 0 radical (unpaired) electrons. The third kappa shape index (κ3) is 1.76. The second-order valence-electron chi connectivity index (χ2n) is 0.999. The van der Waals surface area contributed by atoms with Crippen molar-refractivity contribution in [1.29, 1.82) is 5.26 Å². The molecule has 0 atom stereocenters. The lowest BCUT2D eigenvalue weighted by atomic mass is 10.3. The number of hydrogen-bond donors (Lipinski definition) is 1. The Morgan fingerprint density at radius 1 is 1.88 bits per heavy atom. The van der Waals surface area contributed by atoms with Gasteiger partial charge in [-0.25, -0.2) is 0 Å². The molecule has 0 aliphatic rings. The van der Waals surface area contributed by atoms with E-state index in [-0.39, 0.29) is 5.57 Å². The van der Waals surface area contributed by atoms with Crippen LogP contribution in [0.2, 0.25) is 0 Å². The summed E-state index contributed by atoms with van der Waals surface area (Å²) in [6.07, 6.45) is 0. The number of halogens is 1. The molecule has 0 heterocycles. The van der Waals surface area contributed by atoms with Crippen LogP contribution in [0.15, 0.2) is 10.6 Å². The van der Waals surface area contributed by atoms with Crippen molar-refractivity contribution < 1.29 is 4.79 Å². The van der Waals surface area contributed by atoms with E-state index in [1.165, 1.54) is 4.99 Å². The summed E-state index contributed by atoms with van der Waals surface area (Å²) >= 11 is 2.79. The van der Waals surface area contributed by atoms with Crippen LogP contribution in [0.4, 0.5) is 0 Å². The van der Waals surface area contributed by atoms with Crippen LogP contribution in [0.5, 0.6) is 0 Å². The first-order chi connectivity index (χ1) is 3.72. The van der Waals surface area contributed by atoms with Crippen molar-refractivity contribution in [3.63, 3.8) is 0 Å². The number of carbonyl (C=O) groups is 1. The Balaban J connectivity index is 4.20. The first-order valence-electron chi connectivity index (χ1n) is 1.72. The molecule has 0 bridgehead atoms. The predicted molar refractivity (Wildman–Crippen MR) is 31.8 cm³/mol. The molecule has 0 aliphatic carbocycles. The second-order valence-corrected chi connectivity index (χ2v) is 1.46. The van der Waals surface area contributed by atoms with E-state index in [4.69, 9.17) is 11.0 Å². The van der Waals surface area contributed by atoms with Crippen LogP contribution in [0.1, 0.15) is 0 Å². The Morgan fingerprint density at radius 2 is 2.38 bits per heavy atom. The van der Waals surface area contributed by atoms with Gasteiger partial charge < -0.3 is 5.73 Å². The maximum absolute atomic E-state index is 10.1. The summed E-state index contributed by atoms with van der Waals surface area (Å²) in [6, 6.07) is 1.59. The standard InChI is InChI=1S/C4H3BrN2O/c5-1-3(2-6)4(7)8/h1H,(H2,7,8). The molecule has 0 fully saturated rings. The van der Waals surface area contributed by atoms with Gasteiger partial charge in [0, 0.05) is 4.99 Å². The molecule has 0 rings (SSSR count). The zero-order valence-electron chi connectivity index (χ0n) is 3.89. The molecule has 42 valence electrons. The summed E-state index contributed by atoms with van der Waals surface area (Å²) in [5.74, 6) is -0.718. The van der Waals surface area contributed by atoms with Crippen molar-refractivity contribution in [3.05, 3.63) is 10.6 Å². The third-order valence-corrected chi connectivity index (χ3v) is 0.953. The summed E-state index contributed by atoms with van der Waals surface area (Å²) in [4.78, 5) is 11.3. The van der Waals surface area contributed by atoms with Crippen molar-refractivity contribution in [1.82, 2.24) is 0 Å². The molecular formula is C4H3BrN2O. The lowest BCUT2D eigenvalue weighted by Gasteiger charge is -1.81. The van der Waals surface area contributed by atoms with Gasteiger partial charge in [-0.1, -0.05) is 15.9 Å². The molecule has 0 spiro atoms. The van der Waals surface area contributed by atoms with Gasteiger partial charge in [0.05, 0.1) is 0 Å². The van der Waals surface area contributed by atoms with Crippen LogP contribution in [0.3, 0.4) is 0 Å². The smallest absolute Gasteiger partial charge is 0.259 e. The van der Waals surface area contributed by atoms with E-state index in [2.05, 4.69) is 15.9 Å². The van der Waals surface area contributed by atoms with Gasteiger partial charge in [-0.3, -0.25) is 4.79 Å². The molecule has 2 N–H and O–H groups in total. The SMILES string of the molecule is N#CC(=CBr)C(N)=O. The largest absolute Gasteiger partial charge is 0.365 e. The molecule has 0 unspecified atom stereocenters. The number of rotatable bonds is 1.